The van der Waals surface area contributed by atoms with E-state index in [0.717, 1.165) is 0 Å². The molecule has 0 aromatic heterocycles. The number of nitro benzene ring substituents is 1. The number of rotatable bonds is 6. The lowest BCUT2D eigenvalue weighted by Gasteiger charge is -2.33. The standard InChI is InChI=1S/C14H21N3O4/c1-14(2,16(3)4)9-15-12-7-6-10(17(19)20)8-11(12)13(18)21-5/h6-8,15H,9H2,1-5H3. The van der Waals surface area contributed by atoms with Crippen LogP contribution in [0, 0.1) is 10.1 Å². The number of methoxy groups -OCH3 is 1. The van der Waals surface area contributed by atoms with Crippen LogP contribution in [0.2, 0.25) is 0 Å². The van der Waals surface area contributed by atoms with Crippen molar-refractivity contribution in [2.45, 2.75) is 19.4 Å². The van der Waals surface area contributed by atoms with Gasteiger partial charge in [-0.3, -0.25) is 10.1 Å². The Morgan fingerprint density at radius 1 is 1.43 bits per heavy atom. The molecule has 0 bridgehead atoms. The first-order valence-electron chi connectivity index (χ1n) is 6.47. The summed E-state index contributed by atoms with van der Waals surface area (Å²) in [6.07, 6.45) is 0. The third kappa shape index (κ3) is 4.16. The Balaban J connectivity index is 3.06. The number of ether oxygens (including phenoxy) is 1. The molecular formula is C14H21N3O4. The maximum Gasteiger partial charge on any atom is 0.340 e. The number of nitrogens with one attached hydrogen (secondary N) is 1. The summed E-state index contributed by atoms with van der Waals surface area (Å²) in [4.78, 5) is 24.1. The molecule has 0 fully saturated rings. The van der Waals surface area contributed by atoms with Gasteiger partial charge in [-0.15, -0.1) is 0 Å². The summed E-state index contributed by atoms with van der Waals surface area (Å²) in [5.74, 6) is -0.608. The lowest BCUT2D eigenvalue weighted by Crippen LogP contribution is -2.44. The molecule has 0 amide bonds. The van der Waals surface area contributed by atoms with Crippen molar-refractivity contribution in [1.82, 2.24) is 4.90 Å². The van der Waals surface area contributed by atoms with Crippen molar-refractivity contribution >= 4 is 17.3 Å². The quantitative estimate of drug-likeness (QED) is 0.491. The zero-order valence-electron chi connectivity index (χ0n) is 13.0. The number of esters is 1. The Labute approximate surface area is 124 Å². The van der Waals surface area contributed by atoms with Crippen LogP contribution in [0.15, 0.2) is 18.2 Å². The third-order valence-corrected chi connectivity index (χ3v) is 3.54. The van der Waals surface area contributed by atoms with Crippen LogP contribution < -0.4 is 5.32 Å². The van der Waals surface area contributed by atoms with Gasteiger partial charge in [-0.1, -0.05) is 0 Å². The Bertz CT molecular complexity index is 541. The Morgan fingerprint density at radius 3 is 2.52 bits per heavy atom. The molecule has 0 saturated carbocycles. The van der Waals surface area contributed by atoms with Crippen LogP contribution in [0.4, 0.5) is 11.4 Å². The predicted molar refractivity (Wildman–Crippen MR) is 80.7 cm³/mol. The molecule has 116 valence electrons. The molecule has 1 N–H and O–H groups in total. The number of benzene rings is 1. The van der Waals surface area contributed by atoms with Gasteiger partial charge in [-0.2, -0.15) is 0 Å². The zero-order chi connectivity index (χ0) is 16.2. The number of nitrogens with zero attached hydrogens (tertiary/aromatic N) is 2. The van der Waals surface area contributed by atoms with Crippen molar-refractivity contribution in [3.05, 3.63) is 33.9 Å². The molecule has 1 rings (SSSR count). The number of non-ortho nitro benzene ring substituents is 1. The molecule has 7 heteroatoms. The highest BCUT2D eigenvalue weighted by molar-refractivity contribution is 5.96. The molecule has 1 aromatic rings. The summed E-state index contributed by atoms with van der Waals surface area (Å²) in [7, 11) is 5.16. The molecule has 0 aliphatic carbocycles. The van der Waals surface area contributed by atoms with E-state index < -0.39 is 10.9 Å². The van der Waals surface area contributed by atoms with Gasteiger partial charge < -0.3 is 15.0 Å². The van der Waals surface area contributed by atoms with Gasteiger partial charge in [0.15, 0.2) is 0 Å². The van der Waals surface area contributed by atoms with E-state index in [0.29, 0.717) is 12.2 Å². The highest BCUT2D eigenvalue weighted by atomic mass is 16.6. The first-order valence-corrected chi connectivity index (χ1v) is 6.47. The molecule has 0 unspecified atom stereocenters. The van der Waals surface area contributed by atoms with Crippen LogP contribution in [0.3, 0.4) is 0 Å². The molecule has 0 spiro atoms. The fraction of sp³-hybridized carbons (Fsp3) is 0.500. The van der Waals surface area contributed by atoms with Crippen LogP contribution in [0.1, 0.15) is 24.2 Å². The molecule has 0 aliphatic rings. The van der Waals surface area contributed by atoms with Gasteiger partial charge in [0.05, 0.1) is 17.6 Å². The number of likely N-dealkylation sites (N-methyl/N-ethyl adjacent to an activating group) is 1. The minimum atomic E-state index is -0.608. The average molecular weight is 295 g/mol. The molecule has 1 aromatic carbocycles. The second-order valence-corrected chi connectivity index (χ2v) is 5.54. The largest absolute Gasteiger partial charge is 0.465 e. The Kier molecular flexibility index (Phi) is 5.26. The van der Waals surface area contributed by atoms with E-state index in [4.69, 9.17) is 0 Å². The van der Waals surface area contributed by atoms with Gasteiger partial charge in [0.2, 0.25) is 0 Å². The number of hydrogen-bond donors (Lipinski definition) is 1. The van der Waals surface area contributed by atoms with Crippen molar-refractivity contribution in [1.29, 1.82) is 0 Å². The molecule has 21 heavy (non-hydrogen) atoms. The number of carbonyl (C=O) groups excluding carboxylic acids is 1. The number of carbonyl (C=O) groups is 1. The smallest absolute Gasteiger partial charge is 0.340 e. The highest BCUT2D eigenvalue weighted by Crippen LogP contribution is 2.24. The molecular weight excluding hydrogens is 274 g/mol. The number of anilines is 1. The van der Waals surface area contributed by atoms with E-state index in [2.05, 4.69) is 10.1 Å². The van der Waals surface area contributed by atoms with Gasteiger partial charge in [0.1, 0.15) is 0 Å². The first-order chi connectivity index (χ1) is 9.69. The fourth-order valence-corrected chi connectivity index (χ4v) is 1.55. The van der Waals surface area contributed by atoms with Gasteiger partial charge in [-0.05, 0) is 34.0 Å². The van der Waals surface area contributed by atoms with Gasteiger partial charge in [0, 0.05) is 29.9 Å². The zero-order valence-corrected chi connectivity index (χ0v) is 13.0. The molecule has 0 aliphatic heterocycles. The van der Waals surface area contributed by atoms with Crippen LogP contribution in [0.25, 0.3) is 0 Å². The average Bonchev–Trinajstić information content (AvgIpc) is 2.43. The van der Waals surface area contributed by atoms with Crippen molar-refractivity contribution in [3.8, 4) is 0 Å². The number of nitro groups is 1. The van der Waals surface area contributed by atoms with E-state index >= 15 is 0 Å². The molecule has 0 radical (unpaired) electrons. The molecule has 0 atom stereocenters. The second-order valence-electron chi connectivity index (χ2n) is 5.54. The van der Waals surface area contributed by atoms with Crippen molar-refractivity contribution in [3.63, 3.8) is 0 Å². The topological polar surface area (TPSA) is 84.7 Å². The van der Waals surface area contributed by atoms with E-state index in [-0.39, 0.29) is 16.8 Å². The predicted octanol–water partition coefficient (Wildman–Crippen LogP) is 2.13. The summed E-state index contributed by atoms with van der Waals surface area (Å²) in [6.45, 7) is 4.66. The maximum absolute atomic E-state index is 11.8. The lowest BCUT2D eigenvalue weighted by molar-refractivity contribution is -0.384. The second kappa shape index (κ2) is 6.53. The Morgan fingerprint density at radius 2 is 2.05 bits per heavy atom. The van der Waals surface area contributed by atoms with Crippen molar-refractivity contribution < 1.29 is 14.5 Å². The van der Waals surface area contributed by atoms with Crippen molar-refractivity contribution in [2.24, 2.45) is 0 Å². The summed E-state index contributed by atoms with van der Waals surface area (Å²) in [5.41, 5.74) is 0.381. The SMILES string of the molecule is COC(=O)c1cc([N+](=O)[O-])ccc1NCC(C)(C)N(C)C. The summed E-state index contributed by atoms with van der Waals surface area (Å²) < 4.78 is 4.68. The van der Waals surface area contributed by atoms with Crippen molar-refractivity contribution in [2.75, 3.05) is 33.1 Å². The van der Waals surface area contributed by atoms with E-state index in [1.165, 1.54) is 25.3 Å². The first kappa shape index (κ1) is 16.9. The molecule has 0 saturated heterocycles. The summed E-state index contributed by atoms with van der Waals surface area (Å²) in [6, 6.07) is 4.10. The van der Waals surface area contributed by atoms with Crippen LogP contribution in [-0.2, 0) is 4.74 Å². The molecule has 0 heterocycles. The minimum Gasteiger partial charge on any atom is -0.465 e. The van der Waals surface area contributed by atoms with Gasteiger partial charge >= 0.3 is 5.97 Å². The number of hydrogen-bond acceptors (Lipinski definition) is 6. The van der Waals surface area contributed by atoms with E-state index in [1.807, 2.05) is 32.8 Å². The third-order valence-electron chi connectivity index (χ3n) is 3.54. The van der Waals surface area contributed by atoms with E-state index in [1.54, 1.807) is 0 Å². The minimum absolute atomic E-state index is 0.144. The molecule has 7 nitrogen and oxygen atoms in total. The summed E-state index contributed by atoms with van der Waals surface area (Å²) >= 11 is 0. The summed E-state index contributed by atoms with van der Waals surface area (Å²) in [5, 5.41) is 14.0. The van der Waals surface area contributed by atoms with Gasteiger partial charge in [-0.25, -0.2) is 4.79 Å². The fourth-order valence-electron chi connectivity index (χ4n) is 1.55. The normalized spacial score (nSPS) is 11.3. The highest BCUT2D eigenvalue weighted by Gasteiger charge is 2.22. The maximum atomic E-state index is 11.8. The van der Waals surface area contributed by atoms with Gasteiger partial charge in [0.25, 0.3) is 5.69 Å². The van der Waals surface area contributed by atoms with Crippen LogP contribution >= 0.6 is 0 Å². The monoisotopic (exact) mass is 295 g/mol. The van der Waals surface area contributed by atoms with E-state index in [9.17, 15) is 14.9 Å². The van der Waals surface area contributed by atoms with Crippen LogP contribution in [0.5, 0.6) is 0 Å². The van der Waals surface area contributed by atoms with Crippen LogP contribution in [-0.4, -0.2) is 49.1 Å². The lowest BCUT2D eigenvalue weighted by atomic mass is 10.0. The Hall–Kier alpha value is -2.15.